The number of carbonyl (C=O) groups is 1. The molecule has 0 bridgehead atoms. The summed E-state index contributed by atoms with van der Waals surface area (Å²) in [6.45, 7) is 25.7. The van der Waals surface area contributed by atoms with E-state index in [1.807, 2.05) is 0 Å². The molecular weight excluding hydrogens is 731 g/mol. The van der Waals surface area contributed by atoms with E-state index in [9.17, 15) is 18.0 Å². The van der Waals surface area contributed by atoms with Gasteiger partial charge in [-0.25, -0.2) is 22.5 Å². The summed E-state index contributed by atoms with van der Waals surface area (Å²) in [5.74, 6) is -3.78. The van der Waals surface area contributed by atoms with Gasteiger partial charge in [-0.05, 0) is 63.6 Å². The fraction of sp³-hybridized carbons (Fsp3) is 0.585. The third-order valence-electron chi connectivity index (χ3n) is 11.5. The summed E-state index contributed by atoms with van der Waals surface area (Å²) in [7, 11) is -5.08. The summed E-state index contributed by atoms with van der Waals surface area (Å²) >= 11 is 0. The number of nitrogens with zero attached hydrogens (tertiary/aromatic N) is 2. The van der Waals surface area contributed by atoms with Gasteiger partial charge in [0.1, 0.15) is 41.6 Å². The molecule has 54 heavy (non-hydrogen) atoms. The molecule has 1 aliphatic rings. The standard InChI is InChI=1S/C41H59F4N3O4Si2/c1-23(2)53(24(3)4,25(5)6)51-36-20-35(50-37(21-42)40(36)52-54(26(7)8,27(9)10)28(11)12)29-18-19-46-22-34(29)48-41(49)33-17-16-32(45)39(47-33)38-30(43)14-13-15-31(38)44/h13-19,22-28,35-37,40H,20-21H2,1-12H3,(H,48,49)/t35-,36-,37-,40+/m1/s1. The Bertz CT molecular complexity index is 1680. The molecule has 0 radical (unpaired) electrons. The molecule has 0 aliphatic carbocycles. The molecule has 7 nitrogen and oxygen atoms in total. The molecule has 1 amide bonds. The van der Waals surface area contributed by atoms with Crippen molar-refractivity contribution in [1.82, 2.24) is 9.97 Å². The number of amides is 1. The second-order valence-corrected chi connectivity index (χ2v) is 27.3. The Kier molecular flexibility index (Phi) is 14.5. The summed E-state index contributed by atoms with van der Waals surface area (Å²) in [6.07, 6.45) is 0.501. The third-order valence-corrected chi connectivity index (χ3v) is 23.7. The maximum absolute atomic E-state index is 15.5. The van der Waals surface area contributed by atoms with Crippen LogP contribution in [0.2, 0.25) is 33.2 Å². The second-order valence-electron chi connectivity index (χ2n) is 16.5. The number of carbonyl (C=O) groups excluding carboxylic acids is 1. The average Bonchev–Trinajstić information content (AvgIpc) is 3.09. The van der Waals surface area contributed by atoms with Crippen molar-refractivity contribution >= 4 is 28.2 Å². The lowest BCUT2D eigenvalue weighted by Crippen LogP contribution is -2.61. The predicted octanol–water partition coefficient (Wildman–Crippen LogP) is 11.7. The first kappa shape index (κ1) is 43.7. The van der Waals surface area contributed by atoms with Crippen LogP contribution in [0.25, 0.3) is 11.3 Å². The van der Waals surface area contributed by atoms with Gasteiger partial charge in [0, 0.05) is 18.2 Å². The molecule has 4 rings (SSSR count). The third kappa shape index (κ3) is 8.55. The highest BCUT2D eigenvalue weighted by atomic mass is 28.4. The van der Waals surface area contributed by atoms with Crippen LogP contribution in [0.4, 0.5) is 23.2 Å². The molecule has 3 aromatic rings. The van der Waals surface area contributed by atoms with E-state index in [1.54, 1.807) is 12.3 Å². The lowest BCUT2D eigenvalue weighted by molar-refractivity contribution is -0.167. The molecule has 298 valence electrons. The number of aromatic nitrogens is 2. The van der Waals surface area contributed by atoms with Crippen LogP contribution in [-0.2, 0) is 13.6 Å². The fourth-order valence-corrected chi connectivity index (χ4v) is 20.4. The Hall–Kier alpha value is -2.98. The Balaban J connectivity index is 1.78. The minimum atomic E-state index is -2.54. The lowest BCUT2D eigenvalue weighted by atomic mass is 9.94. The van der Waals surface area contributed by atoms with Gasteiger partial charge in [-0.3, -0.25) is 9.78 Å². The minimum absolute atomic E-state index is 0.246. The highest BCUT2D eigenvalue weighted by Gasteiger charge is 2.55. The van der Waals surface area contributed by atoms with E-state index in [4.69, 9.17) is 13.6 Å². The first-order valence-electron chi connectivity index (χ1n) is 19.3. The Morgan fingerprint density at radius 2 is 1.33 bits per heavy atom. The SMILES string of the molecule is CC(C)[Si](O[C@@H]1[C@@H](CF)O[C@@H](c2ccncc2NC(=O)c2ccc(F)c(-c3c(F)cccc3F)n2)C[C@H]1O[Si](C(C)C)(C(C)C)C(C)C)(C(C)C)C(C)C. The predicted molar refractivity (Wildman–Crippen MR) is 212 cm³/mol. The van der Waals surface area contributed by atoms with E-state index < -0.39 is 82.3 Å². The number of alkyl halides is 1. The molecule has 2 aromatic heterocycles. The second kappa shape index (κ2) is 17.9. The monoisotopic (exact) mass is 789 g/mol. The quantitative estimate of drug-likeness (QED) is 0.122. The number of pyridine rings is 2. The van der Waals surface area contributed by atoms with E-state index in [0.717, 1.165) is 30.3 Å². The first-order valence-corrected chi connectivity index (χ1v) is 23.5. The molecule has 1 saturated heterocycles. The first-order chi connectivity index (χ1) is 25.3. The summed E-state index contributed by atoms with van der Waals surface area (Å²) in [5, 5.41) is 2.79. The molecule has 1 N–H and O–H groups in total. The number of hydrogen-bond donors (Lipinski definition) is 1. The largest absolute Gasteiger partial charge is 0.410 e. The normalized spacial score (nSPS) is 19.9. The van der Waals surface area contributed by atoms with Gasteiger partial charge in [-0.1, -0.05) is 89.2 Å². The van der Waals surface area contributed by atoms with Crippen molar-refractivity contribution in [3.05, 3.63) is 77.5 Å². The van der Waals surface area contributed by atoms with Crippen LogP contribution in [-0.4, -0.2) is 57.5 Å². The summed E-state index contributed by atoms with van der Waals surface area (Å²) in [6, 6.07) is 6.91. The molecule has 1 aliphatic heterocycles. The van der Waals surface area contributed by atoms with Crippen molar-refractivity contribution in [2.24, 2.45) is 0 Å². The van der Waals surface area contributed by atoms with Gasteiger partial charge in [-0.2, -0.15) is 0 Å². The number of ether oxygens (including phenoxy) is 1. The Labute approximate surface area is 321 Å². The van der Waals surface area contributed by atoms with Crippen LogP contribution >= 0.6 is 0 Å². The lowest BCUT2D eigenvalue weighted by Gasteiger charge is -2.53. The molecule has 0 saturated carbocycles. The van der Waals surface area contributed by atoms with E-state index in [-0.39, 0.29) is 44.6 Å². The van der Waals surface area contributed by atoms with Gasteiger partial charge in [0.15, 0.2) is 0 Å². The zero-order valence-electron chi connectivity index (χ0n) is 33.8. The van der Waals surface area contributed by atoms with Crippen molar-refractivity contribution < 1.29 is 35.9 Å². The van der Waals surface area contributed by atoms with Crippen LogP contribution in [0.5, 0.6) is 0 Å². The van der Waals surface area contributed by atoms with E-state index >= 15 is 4.39 Å². The summed E-state index contributed by atoms with van der Waals surface area (Å²) in [4.78, 5) is 21.9. The zero-order valence-corrected chi connectivity index (χ0v) is 35.8. The Morgan fingerprint density at radius 1 is 0.796 bits per heavy atom. The highest BCUT2D eigenvalue weighted by molar-refractivity contribution is 6.78. The number of halogens is 4. The number of hydrogen-bond acceptors (Lipinski definition) is 6. The van der Waals surface area contributed by atoms with Gasteiger partial charge in [0.25, 0.3) is 5.91 Å². The van der Waals surface area contributed by atoms with Crippen LogP contribution in [0, 0.1) is 17.5 Å². The maximum Gasteiger partial charge on any atom is 0.274 e. The van der Waals surface area contributed by atoms with Gasteiger partial charge < -0.3 is 18.9 Å². The number of anilines is 1. The maximum atomic E-state index is 15.5. The molecule has 13 heteroatoms. The van der Waals surface area contributed by atoms with Gasteiger partial charge >= 0.3 is 0 Å². The van der Waals surface area contributed by atoms with Crippen LogP contribution in [0.15, 0.2) is 48.8 Å². The molecule has 3 heterocycles. The summed E-state index contributed by atoms with van der Waals surface area (Å²) in [5.41, 5.74) is 0.735. The zero-order chi connectivity index (χ0) is 40.3. The Morgan fingerprint density at radius 3 is 1.85 bits per heavy atom. The fourth-order valence-electron chi connectivity index (χ4n) is 9.28. The van der Waals surface area contributed by atoms with Gasteiger partial charge in [-0.15, -0.1) is 0 Å². The van der Waals surface area contributed by atoms with E-state index in [1.165, 1.54) is 6.20 Å². The minimum Gasteiger partial charge on any atom is -0.410 e. The average molecular weight is 790 g/mol. The van der Waals surface area contributed by atoms with Crippen molar-refractivity contribution in [2.75, 3.05) is 12.0 Å². The van der Waals surface area contributed by atoms with E-state index in [2.05, 4.69) is 98.4 Å². The molecule has 0 unspecified atom stereocenters. The van der Waals surface area contributed by atoms with Gasteiger partial charge in [0.05, 0.1) is 35.8 Å². The highest BCUT2D eigenvalue weighted by Crippen LogP contribution is 2.50. The summed E-state index contributed by atoms with van der Waals surface area (Å²) < 4.78 is 81.0. The van der Waals surface area contributed by atoms with Crippen LogP contribution in [0.1, 0.15) is 112 Å². The molecule has 1 aromatic carbocycles. The van der Waals surface area contributed by atoms with Crippen molar-refractivity contribution in [1.29, 1.82) is 0 Å². The molecule has 0 spiro atoms. The van der Waals surface area contributed by atoms with Gasteiger partial charge in [0.2, 0.25) is 16.6 Å². The number of rotatable bonds is 15. The topological polar surface area (TPSA) is 82.6 Å². The van der Waals surface area contributed by atoms with Crippen molar-refractivity contribution in [3.8, 4) is 11.3 Å². The van der Waals surface area contributed by atoms with E-state index in [0.29, 0.717) is 12.0 Å². The smallest absolute Gasteiger partial charge is 0.274 e. The van der Waals surface area contributed by atoms with Crippen molar-refractivity contribution in [2.45, 2.75) is 147 Å². The molecular formula is C41H59F4N3O4Si2. The van der Waals surface area contributed by atoms with Crippen LogP contribution < -0.4 is 5.32 Å². The molecule has 1 fully saturated rings. The number of nitrogens with one attached hydrogen (secondary N) is 1. The molecule has 4 atom stereocenters. The number of benzene rings is 1. The van der Waals surface area contributed by atoms with Crippen LogP contribution in [0.3, 0.4) is 0 Å². The van der Waals surface area contributed by atoms with Crippen molar-refractivity contribution in [3.63, 3.8) is 0 Å².